The molecule has 0 spiro atoms. The van der Waals surface area contributed by atoms with Gasteiger partial charge >= 0.3 is 0 Å². The Labute approximate surface area is 122 Å². The van der Waals surface area contributed by atoms with Gasteiger partial charge in [0.1, 0.15) is 10.8 Å². The first-order valence-electron chi connectivity index (χ1n) is 6.65. The van der Waals surface area contributed by atoms with Gasteiger partial charge in [0.15, 0.2) is 0 Å². The van der Waals surface area contributed by atoms with E-state index in [0.717, 1.165) is 33.4 Å². The summed E-state index contributed by atoms with van der Waals surface area (Å²) in [6, 6.07) is 7.92. The Morgan fingerprint density at radius 1 is 1.35 bits per heavy atom. The lowest BCUT2D eigenvalue weighted by Crippen LogP contribution is -1.94. The quantitative estimate of drug-likeness (QED) is 0.735. The van der Waals surface area contributed by atoms with Crippen LogP contribution in [0, 0.1) is 5.92 Å². The SMILES string of the molecule is COc1cccc(-c2cn3nc(CC(C)C)sc3n2)c1. The lowest BCUT2D eigenvalue weighted by Gasteiger charge is -2.01. The van der Waals surface area contributed by atoms with Crippen LogP contribution in [0.1, 0.15) is 18.9 Å². The summed E-state index contributed by atoms with van der Waals surface area (Å²) in [6.07, 6.45) is 2.98. The number of methoxy groups -OCH3 is 1. The number of hydrogen-bond acceptors (Lipinski definition) is 4. The zero-order chi connectivity index (χ0) is 14.1. The highest BCUT2D eigenvalue weighted by Crippen LogP contribution is 2.25. The van der Waals surface area contributed by atoms with Crippen LogP contribution in [0.25, 0.3) is 16.2 Å². The Morgan fingerprint density at radius 3 is 2.90 bits per heavy atom. The second-order valence-electron chi connectivity index (χ2n) is 5.18. The molecule has 3 aromatic rings. The molecule has 0 radical (unpaired) electrons. The van der Waals surface area contributed by atoms with E-state index in [2.05, 4.69) is 23.9 Å². The maximum absolute atomic E-state index is 5.25. The lowest BCUT2D eigenvalue weighted by atomic mass is 10.1. The van der Waals surface area contributed by atoms with Crippen molar-refractivity contribution in [1.82, 2.24) is 14.6 Å². The van der Waals surface area contributed by atoms with Crippen LogP contribution in [0.2, 0.25) is 0 Å². The summed E-state index contributed by atoms with van der Waals surface area (Å²) in [6.45, 7) is 4.40. The van der Waals surface area contributed by atoms with Crippen molar-refractivity contribution in [2.24, 2.45) is 5.92 Å². The fraction of sp³-hybridized carbons (Fsp3) is 0.333. The van der Waals surface area contributed by atoms with Crippen LogP contribution >= 0.6 is 11.3 Å². The minimum absolute atomic E-state index is 0.615. The number of imidazole rings is 1. The Morgan fingerprint density at radius 2 is 2.20 bits per heavy atom. The highest BCUT2D eigenvalue weighted by atomic mass is 32.1. The molecule has 0 unspecified atom stereocenters. The van der Waals surface area contributed by atoms with Gasteiger partial charge in [0.05, 0.1) is 19.0 Å². The third-order valence-corrected chi connectivity index (χ3v) is 3.98. The Kier molecular flexibility index (Phi) is 3.44. The zero-order valence-electron chi connectivity index (χ0n) is 11.8. The molecule has 0 fully saturated rings. The summed E-state index contributed by atoms with van der Waals surface area (Å²) in [4.78, 5) is 5.59. The van der Waals surface area contributed by atoms with Gasteiger partial charge in [-0.3, -0.25) is 0 Å². The summed E-state index contributed by atoms with van der Waals surface area (Å²) in [5.41, 5.74) is 1.98. The van der Waals surface area contributed by atoms with Gasteiger partial charge in [-0.15, -0.1) is 0 Å². The number of hydrogen-bond donors (Lipinski definition) is 0. The number of fused-ring (bicyclic) bond motifs is 1. The molecule has 1 aromatic carbocycles. The topological polar surface area (TPSA) is 39.4 Å². The molecule has 0 saturated carbocycles. The molecular formula is C15H17N3OS. The summed E-state index contributed by atoms with van der Waals surface area (Å²) in [5, 5.41) is 5.72. The van der Waals surface area contributed by atoms with Crippen LogP contribution in [0.15, 0.2) is 30.5 Å². The summed E-state index contributed by atoms with van der Waals surface area (Å²) >= 11 is 1.66. The summed E-state index contributed by atoms with van der Waals surface area (Å²) in [7, 11) is 1.67. The third-order valence-electron chi connectivity index (χ3n) is 3.03. The molecule has 0 saturated heterocycles. The van der Waals surface area contributed by atoms with E-state index in [4.69, 9.17) is 4.74 Å². The van der Waals surface area contributed by atoms with Crippen LogP contribution in [0.3, 0.4) is 0 Å². The number of rotatable bonds is 4. The van der Waals surface area contributed by atoms with Gasteiger partial charge in [-0.05, 0) is 18.1 Å². The van der Waals surface area contributed by atoms with E-state index < -0.39 is 0 Å². The van der Waals surface area contributed by atoms with E-state index in [1.807, 2.05) is 35.0 Å². The van der Waals surface area contributed by atoms with Gasteiger partial charge < -0.3 is 4.74 Å². The number of aromatic nitrogens is 3. The minimum Gasteiger partial charge on any atom is -0.497 e. The van der Waals surface area contributed by atoms with Gasteiger partial charge in [0, 0.05) is 12.0 Å². The Hall–Kier alpha value is -1.88. The molecular weight excluding hydrogens is 270 g/mol. The molecule has 0 N–H and O–H groups in total. The third kappa shape index (κ3) is 2.54. The predicted octanol–water partition coefficient (Wildman–Crippen LogP) is 3.66. The van der Waals surface area contributed by atoms with Crippen molar-refractivity contribution in [3.8, 4) is 17.0 Å². The average Bonchev–Trinajstić information content (AvgIpc) is 2.96. The first kappa shape index (κ1) is 13.1. The monoisotopic (exact) mass is 287 g/mol. The van der Waals surface area contributed by atoms with Crippen LogP contribution in [0.4, 0.5) is 0 Å². The van der Waals surface area contributed by atoms with Crippen molar-refractivity contribution in [1.29, 1.82) is 0 Å². The molecule has 0 bridgehead atoms. The standard InChI is InChI=1S/C15H17N3OS/c1-10(2)7-14-17-18-9-13(16-15(18)20-14)11-5-4-6-12(8-11)19-3/h4-6,8-10H,7H2,1-3H3. The lowest BCUT2D eigenvalue weighted by molar-refractivity contribution is 0.415. The normalized spacial score (nSPS) is 11.4. The van der Waals surface area contributed by atoms with Crippen LogP contribution < -0.4 is 4.74 Å². The largest absolute Gasteiger partial charge is 0.497 e. The highest BCUT2D eigenvalue weighted by molar-refractivity contribution is 7.16. The first-order chi connectivity index (χ1) is 9.65. The Balaban J connectivity index is 1.94. The van der Waals surface area contributed by atoms with Crippen molar-refractivity contribution < 1.29 is 4.74 Å². The van der Waals surface area contributed by atoms with E-state index in [0.29, 0.717) is 5.92 Å². The second kappa shape index (κ2) is 5.25. The summed E-state index contributed by atoms with van der Waals surface area (Å²) in [5.74, 6) is 1.45. The molecule has 2 aromatic heterocycles. The maximum atomic E-state index is 5.25. The van der Waals surface area contributed by atoms with E-state index in [-0.39, 0.29) is 0 Å². The van der Waals surface area contributed by atoms with Gasteiger partial charge in [0.25, 0.3) is 0 Å². The molecule has 3 rings (SSSR count). The van der Waals surface area contributed by atoms with Gasteiger partial charge in [-0.2, -0.15) is 5.10 Å². The minimum atomic E-state index is 0.615. The molecule has 0 aliphatic rings. The predicted molar refractivity (Wildman–Crippen MR) is 81.4 cm³/mol. The van der Waals surface area contributed by atoms with Crippen molar-refractivity contribution in [2.45, 2.75) is 20.3 Å². The van der Waals surface area contributed by atoms with Crippen LogP contribution in [-0.4, -0.2) is 21.7 Å². The van der Waals surface area contributed by atoms with Gasteiger partial charge in [0.2, 0.25) is 4.96 Å². The number of benzene rings is 1. The number of ether oxygens (including phenoxy) is 1. The maximum Gasteiger partial charge on any atom is 0.212 e. The number of nitrogens with zero attached hydrogens (tertiary/aromatic N) is 3. The van der Waals surface area contributed by atoms with Gasteiger partial charge in [-0.25, -0.2) is 9.50 Å². The smallest absolute Gasteiger partial charge is 0.212 e. The molecule has 5 heteroatoms. The van der Waals surface area contributed by atoms with Crippen molar-refractivity contribution in [3.05, 3.63) is 35.5 Å². The fourth-order valence-corrected chi connectivity index (χ4v) is 3.18. The molecule has 0 aliphatic heterocycles. The molecule has 0 atom stereocenters. The first-order valence-corrected chi connectivity index (χ1v) is 7.47. The van der Waals surface area contributed by atoms with Crippen LogP contribution in [0.5, 0.6) is 5.75 Å². The molecule has 104 valence electrons. The molecule has 2 heterocycles. The molecule has 4 nitrogen and oxygen atoms in total. The van der Waals surface area contributed by atoms with Gasteiger partial charge in [-0.1, -0.05) is 37.3 Å². The average molecular weight is 287 g/mol. The van der Waals surface area contributed by atoms with E-state index in [9.17, 15) is 0 Å². The zero-order valence-corrected chi connectivity index (χ0v) is 12.6. The van der Waals surface area contributed by atoms with Crippen LogP contribution in [-0.2, 0) is 6.42 Å². The molecule has 0 amide bonds. The Bertz CT molecular complexity index is 698. The fourth-order valence-electron chi connectivity index (χ4n) is 2.09. The van der Waals surface area contributed by atoms with Crippen molar-refractivity contribution in [2.75, 3.05) is 7.11 Å². The second-order valence-corrected chi connectivity index (χ2v) is 6.22. The molecule has 0 aliphatic carbocycles. The summed E-state index contributed by atoms with van der Waals surface area (Å²) < 4.78 is 7.12. The molecule has 20 heavy (non-hydrogen) atoms. The van der Waals surface area contributed by atoms with Crippen molar-refractivity contribution >= 4 is 16.3 Å². The van der Waals surface area contributed by atoms with E-state index >= 15 is 0 Å². The van der Waals surface area contributed by atoms with E-state index in [1.165, 1.54) is 0 Å². The van der Waals surface area contributed by atoms with Crippen molar-refractivity contribution in [3.63, 3.8) is 0 Å². The van der Waals surface area contributed by atoms with E-state index in [1.54, 1.807) is 18.4 Å². The highest BCUT2D eigenvalue weighted by Gasteiger charge is 2.11.